The molecule has 0 aliphatic rings. The van der Waals surface area contributed by atoms with Crippen LogP contribution < -0.4 is 9.88 Å². The summed E-state index contributed by atoms with van der Waals surface area (Å²) in [6.45, 7) is -1.35. The van der Waals surface area contributed by atoms with Crippen molar-refractivity contribution in [2.45, 2.75) is 17.5 Å². The zero-order valence-electron chi connectivity index (χ0n) is 10.7. The van der Waals surface area contributed by atoms with Gasteiger partial charge in [0.15, 0.2) is 0 Å². The summed E-state index contributed by atoms with van der Waals surface area (Å²) in [6, 6.07) is 3.67. The number of alkyl halides is 3. The summed E-state index contributed by atoms with van der Waals surface area (Å²) < 4.78 is 67.1. The molecule has 0 aliphatic heterocycles. The minimum absolute atomic E-state index is 0.0396. The number of halogens is 4. The van der Waals surface area contributed by atoms with Crippen molar-refractivity contribution in [2.75, 3.05) is 19.8 Å². The number of nitrogens with two attached hydrogens (primary N) is 1. The second-order valence-corrected chi connectivity index (χ2v) is 5.98. The number of rotatable bonds is 7. The number of primary sulfonamides is 1. The van der Waals surface area contributed by atoms with E-state index in [1.54, 1.807) is 0 Å². The SMILES string of the molecule is NS(=O)(=O)c1ccc(OCCCOCC(F)(F)F)c(Cl)c1. The number of benzene rings is 1. The zero-order valence-corrected chi connectivity index (χ0v) is 12.3. The van der Waals surface area contributed by atoms with Gasteiger partial charge in [-0.25, -0.2) is 13.6 Å². The van der Waals surface area contributed by atoms with Crippen LogP contribution in [0.5, 0.6) is 5.75 Å². The van der Waals surface area contributed by atoms with Crippen LogP contribution in [0.15, 0.2) is 23.1 Å². The highest BCUT2D eigenvalue weighted by molar-refractivity contribution is 7.89. The predicted molar refractivity (Wildman–Crippen MR) is 69.8 cm³/mol. The molecule has 0 spiro atoms. The molecule has 1 aromatic carbocycles. The number of hydrogen-bond donors (Lipinski definition) is 1. The summed E-state index contributed by atoms with van der Waals surface area (Å²) in [4.78, 5) is -0.159. The fraction of sp³-hybridized carbons (Fsp3) is 0.455. The predicted octanol–water partition coefficient (Wildman–Crippen LogP) is 2.34. The maximum atomic E-state index is 11.8. The van der Waals surface area contributed by atoms with Crippen LogP contribution in [0.4, 0.5) is 13.2 Å². The Kier molecular flexibility index (Phi) is 6.26. The molecular formula is C11H13ClF3NO4S. The summed E-state index contributed by atoms with van der Waals surface area (Å²) in [5.41, 5.74) is 0. The van der Waals surface area contributed by atoms with Gasteiger partial charge in [-0.1, -0.05) is 11.6 Å². The highest BCUT2D eigenvalue weighted by Gasteiger charge is 2.27. The Morgan fingerprint density at radius 3 is 2.43 bits per heavy atom. The lowest BCUT2D eigenvalue weighted by atomic mass is 10.3. The second kappa shape index (κ2) is 7.30. The molecule has 5 nitrogen and oxygen atoms in total. The normalized spacial score (nSPS) is 12.4. The van der Waals surface area contributed by atoms with E-state index in [2.05, 4.69) is 4.74 Å². The van der Waals surface area contributed by atoms with E-state index in [9.17, 15) is 21.6 Å². The first-order valence-corrected chi connectivity index (χ1v) is 7.62. The Labute approximate surface area is 124 Å². The summed E-state index contributed by atoms with van der Waals surface area (Å²) in [5, 5.41) is 4.97. The van der Waals surface area contributed by atoms with Crippen LogP contribution in [-0.2, 0) is 14.8 Å². The molecule has 120 valence electrons. The molecule has 0 bridgehead atoms. The number of ether oxygens (including phenoxy) is 2. The van der Waals surface area contributed by atoms with Gasteiger partial charge in [-0.2, -0.15) is 13.2 Å². The maximum absolute atomic E-state index is 11.8. The number of sulfonamides is 1. The number of hydrogen-bond acceptors (Lipinski definition) is 4. The monoisotopic (exact) mass is 347 g/mol. The molecule has 21 heavy (non-hydrogen) atoms. The highest BCUT2D eigenvalue weighted by Crippen LogP contribution is 2.27. The molecule has 0 aliphatic carbocycles. The lowest BCUT2D eigenvalue weighted by molar-refractivity contribution is -0.174. The molecule has 0 radical (unpaired) electrons. The van der Waals surface area contributed by atoms with Gasteiger partial charge in [0.25, 0.3) is 0 Å². The van der Waals surface area contributed by atoms with Gasteiger partial charge in [0.1, 0.15) is 12.4 Å². The molecule has 0 amide bonds. The minimum atomic E-state index is -4.35. The van der Waals surface area contributed by atoms with Gasteiger partial charge in [0, 0.05) is 6.42 Å². The van der Waals surface area contributed by atoms with E-state index < -0.39 is 22.8 Å². The first-order chi connectivity index (χ1) is 9.59. The van der Waals surface area contributed by atoms with E-state index in [0.29, 0.717) is 0 Å². The van der Waals surface area contributed by atoms with Crippen molar-refractivity contribution in [1.82, 2.24) is 0 Å². The van der Waals surface area contributed by atoms with E-state index in [4.69, 9.17) is 21.5 Å². The van der Waals surface area contributed by atoms with Crippen molar-refractivity contribution in [3.05, 3.63) is 23.2 Å². The molecular weight excluding hydrogens is 335 g/mol. The van der Waals surface area contributed by atoms with Crippen molar-refractivity contribution in [3.8, 4) is 5.75 Å². The smallest absolute Gasteiger partial charge is 0.411 e. The van der Waals surface area contributed by atoms with Gasteiger partial charge in [0.2, 0.25) is 10.0 Å². The third-order valence-electron chi connectivity index (χ3n) is 2.19. The average Bonchev–Trinajstić information content (AvgIpc) is 2.32. The van der Waals surface area contributed by atoms with Crippen LogP contribution in [0.25, 0.3) is 0 Å². The average molecular weight is 348 g/mol. The molecule has 10 heteroatoms. The van der Waals surface area contributed by atoms with Crippen LogP contribution in [0.3, 0.4) is 0 Å². The van der Waals surface area contributed by atoms with Gasteiger partial charge in [-0.05, 0) is 18.2 Å². The minimum Gasteiger partial charge on any atom is -0.492 e. The fourth-order valence-corrected chi connectivity index (χ4v) is 2.15. The Morgan fingerprint density at radius 1 is 1.24 bits per heavy atom. The van der Waals surface area contributed by atoms with Crippen molar-refractivity contribution >= 4 is 21.6 Å². The Bertz CT molecular complexity index is 577. The van der Waals surface area contributed by atoms with E-state index in [1.165, 1.54) is 12.1 Å². The lowest BCUT2D eigenvalue weighted by Crippen LogP contribution is -2.18. The Balaban J connectivity index is 2.40. The molecule has 0 unspecified atom stereocenters. The van der Waals surface area contributed by atoms with Crippen molar-refractivity contribution in [2.24, 2.45) is 5.14 Å². The Hall–Kier alpha value is -1.03. The topological polar surface area (TPSA) is 78.6 Å². The van der Waals surface area contributed by atoms with Crippen LogP contribution in [-0.4, -0.2) is 34.4 Å². The van der Waals surface area contributed by atoms with Crippen LogP contribution >= 0.6 is 11.6 Å². The third-order valence-corrected chi connectivity index (χ3v) is 3.39. The summed E-state index contributed by atoms with van der Waals surface area (Å²) >= 11 is 5.81. The van der Waals surface area contributed by atoms with Crippen molar-refractivity contribution < 1.29 is 31.1 Å². The molecule has 1 rings (SSSR count). The second-order valence-electron chi connectivity index (χ2n) is 4.01. The van der Waals surface area contributed by atoms with E-state index >= 15 is 0 Å². The van der Waals surface area contributed by atoms with Crippen molar-refractivity contribution in [1.29, 1.82) is 0 Å². The molecule has 0 aromatic heterocycles. The van der Waals surface area contributed by atoms with E-state index in [-0.39, 0.29) is 35.3 Å². The molecule has 1 aromatic rings. The third kappa shape index (κ3) is 6.98. The largest absolute Gasteiger partial charge is 0.492 e. The van der Waals surface area contributed by atoms with Gasteiger partial charge < -0.3 is 9.47 Å². The Morgan fingerprint density at radius 2 is 1.90 bits per heavy atom. The van der Waals surface area contributed by atoms with Crippen LogP contribution in [0, 0.1) is 0 Å². The van der Waals surface area contributed by atoms with Crippen LogP contribution in [0.2, 0.25) is 5.02 Å². The zero-order chi connectivity index (χ0) is 16.1. The van der Waals surface area contributed by atoms with E-state index in [0.717, 1.165) is 6.07 Å². The first-order valence-electron chi connectivity index (χ1n) is 5.69. The van der Waals surface area contributed by atoms with E-state index in [1.807, 2.05) is 0 Å². The van der Waals surface area contributed by atoms with Crippen molar-refractivity contribution in [3.63, 3.8) is 0 Å². The van der Waals surface area contributed by atoms with Gasteiger partial charge >= 0.3 is 6.18 Å². The van der Waals surface area contributed by atoms with Gasteiger partial charge in [-0.15, -0.1) is 0 Å². The fourth-order valence-electron chi connectivity index (χ4n) is 1.31. The quantitative estimate of drug-likeness (QED) is 0.768. The molecule has 0 saturated carbocycles. The van der Waals surface area contributed by atoms with Gasteiger partial charge in [-0.3, -0.25) is 0 Å². The molecule has 2 N–H and O–H groups in total. The summed E-state index contributed by atoms with van der Waals surface area (Å²) in [6.07, 6.45) is -4.13. The van der Waals surface area contributed by atoms with Crippen LogP contribution in [0.1, 0.15) is 6.42 Å². The molecule has 0 saturated heterocycles. The summed E-state index contributed by atoms with van der Waals surface area (Å²) in [7, 11) is -3.86. The molecule has 0 atom stereocenters. The molecule has 0 heterocycles. The standard InChI is InChI=1S/C11H13ClF3NO4S/c12-9-6-8(21(16,17)18)2-3-10(9)20-5-1-4-19-7-11(13,14)15/h2-3,6H,1,4-5,7H2,(H2,16,17,18). The summed E-state index contributed by atoms with van der Waals surface area (Å²) in [5.74, 6) is 0.208. The molecule has 0 fully saturated rings. The van der Waals surface area contributed by atoms with Gasteiger partial charge in [0.05, 0.1) is 23.1 Å². The lowest BCUT2D eigenvalue weighted by Gasteiger charge is -2.10. The highest BCUT2D eigenvalue weighted by atomic mass is 35.5. The first kappa shape index (κ1) is 18.0. The maximum Gasteiger partial charge on any atom is 0.411 e.